The molecule has 4 nitrogen and oxygen atoms in total. The third-order valence-corrected chi connectivity index (χ3v) is 2.04. The molecule has 0 aromatic heterocycles. The summed E-state index contributed by atoms with van der Waals surface area (Å²) in [7, 11) is 0. The fourth-order valence-corrected chi connectivity index (χ4v) is 1.21. The summed E-state index contributed by atoms with van der Waals surface area (Å²) >= 11 is 0. The molecular weight excluding hydrogens is 192 g/mol. The number of nitriles is 1. The van der Waals surface area contributed by atoms with Gasteiger partial charge in [0.15, 0.2) is 0 Å². The molecule has 0 saturated carbocycles. The second-order valence-corrected chi connectivity index (χ2v) is 2.98. The smallest absolute Gasteiger partial charge is 0.258 e. The summed E-state index contributed by atoms with van der Waals surface area (Å²) in [6.07, 6.45) is 1.50. The summed E-state index contributed by atoms with van der Waals surface area (Å²) < 4.78 is 0. The molecule has 1 rings (SSSR count). The van der Waals surface area contributed by atoms with Gasteiger partial charge in [-0.15, -0.1) is 6.58 Å². The van der Waals surface area contributed by atoms with Crippen LogP contribution in [0.3, 0.4) is 0 Å². The predicted octanol–water partition coefficient (Wildman–Crippen LogP) is 2.57. The third-order valence-electron chi connectivity index (χ3n) is 2.04. The fraction of sp³-hybridized carbons (Fsp3) is 0.0909. The molecule has 4 heteroatoms. The lowest BCUT2D eigenvalue weighted by molar-refractivity contribution is -0.385. The van der Waals surface area contributed by atoms with E-state index in [1.54, 1.807) is 0 Å². The zero-order chi connectivity index (χ0) is 11.4. The van der Waals surface area contributed by atoms with Crippen LogP contribution in [0, 0.1) is 28.4 Å². The molecule has 0 aliphatic heterocycles. The van der Waals surface area contributed by atoms with E-state index in [9.17, 15) is 10.1 Å². The molecule has 1 aromatic carbocycles. The van der Waals surface area contributed by atoms with Crippen LogP contribution < -0.4 is 0 Å². The second-order valence-electron chi connectivity index (χ2n) is 2.98. The van der Waals surface area contributed by atoms with Crippen molar-refractivity contribution in [1.82, 2.24) is 0 Å². The molecule has 75 valence electrons. The summed E-state index contributed by atoms with van der Waals surface area (Å²) in [5, 5.41) is 19.4. The standard InChI is InChI=1S/C11H9N2O2/c1-3-8(2)10-6-9(7-12)4-5-11(10)13(14)15/h3-6,8H,1-2H2. The molecule has 15 heavy (non-hydrogen) atoms. The maximum Gasteiger partial charge on any atom is 0.273 e. The van der Waals surface area contributed by atoms with E-state index >= 15 is 0 Å². The van der Waals surface area contributed by atoms with E-state index in [0.717, 1.165) is 0 Å². The SMILES string of the molecule is [CH2]C(C=C)c1cc(C#N)ccc1[N+](=O)[O-]. The third kappa shape index (κ3) is 2.20. The molecule has 0 aliphatic rings. The van der Waals surface area contributed by atoms with Crippen LogP contribution >= 0.6 is 0 Å². The number of rotatable bonds is 3. The molecule has 0 spiro atoms. The van der Waals surface area contributed by atoms with Gasteiger partial charge in [0, 0.05) is 17.5 Å². The zero-order valence-corrected chi connectivity index (χ0v) is 8.01. The summed E-state index contributed by atoms with van der Waals surface area (Å²) in [5.41, 5.74) is 0.758. The number of hydrogen-bond acceptors (Lipinski definition) is 3. The Morgan fingerprint density at radius 2 is 2.27 bits per heavy atom. The van der Waals surface area contributed by atoms with Gasteiger partial charge < -0.3 is 0 Å². The zero-order valence-electron chi connectivity index (χ0n) is 8.01. The van der Waals surface area contributed by atoms with E-state index in [-0.39, 0.29) is 5.69 Å². The predicted molar refractivity (Wildman–Crippen MR) is 56.1 cm³/mol. The molecule has 0 bridgehead atoms. The van der Waals surface area contributed by atoms with Crippen molar-refractivity contribution in [1.29, 1.82) is 5.26 Å². The molecule has 0 amide bonds. The lowest BCUT2D eigenvalue weighted by atomic mass is 9.97. The van der Waals surface area contributed by atoms with Gasteiger partial charge in [-0.1, -0.05) is 6.08 Å². The van der Waals surface area contributed by atoms with Crippen LogP contribution in [0.2, 0.25) is 0 Å². The van der Waals surface area contributed by atoms with Crippen molar-refractivity contribution in [3.05, 3.63) is 59.0 Å². The molecule has 1 aromatic rings. The topological polar surface area (TPSA) is 66.9 Å². The number of allylic oxidation sites excluding steroid dienone is 1. The monoisotopic (exact) mass is 201 g/mol. The quantitative estimate of drug-likeness (QED) is 0.428. The maximum atomic E-state index is 10.7. The average Bonchev–Trinajstić information content (AvgIpc) is 2.26. The Kier molecular flexibility index (Phi) is 3.19. The van der Waals surface area contributed by atoms with Crippen LogP contribution in [0.4, 0.5) is 5.69 Å². The number of hydrogen-bond donors (Lipinski definition) is 0. The first-order valence-electron chi connectivity index (χ1n) is 4.24. The van der Waals surface area contributed by atoms with E-state index in [1.165, 1.54) is 24.3 Å². The molecule has 1 atom stereocenters. The van der Waals surface area contributed by atoms with Gasteiger partial charge in [0.1, 0.15) is 0 Å². The van der Waals surface area contributed by atoms with Gasteiger partial charge in [-0.25, -0.2) is 0 Å². The van der Waals surface area contributed by atoms with E-state index in [2.05, 4.69) is 13.5 Å². The van der Waals surface area contributed by atoms with Crippen LogP contribution in [0.5, 0.6) is 0 Å². The Morgan fingerprint density at radius 3 is 2.73 bits per heavy atom. The Bertz CT molecular complexity index is 446. The summed E-state index contributed by atoms with van der Waals surface area (Å²) in [4.78, 5) is 10.2. The number of nitro groups is 1. The van der Waals surface area contributed by atoms with Gasteiger partial charge in [-0.3, -0.25) is 10.1 Å². The molecule has 0 aliphatic carbocycles. The highest BCUT2D eigenvalue weighted by atomic mass is 16.6. The van der Waals surface area contributed by atoms with Gasteiger partial charge in [0.05, 0.1) is 16.6 Å². The van der Waals surface area contributed by atoms with Crippen molar-refractivity contribution in [3.63, 3.8) is 0 Å². The molecular formula is C11H9N2O2. The van der Waals surface area contributed by atoms with Gasteiger partial charge in [0.25, 0.3) is 5.69 Å². The van der Waals surface area contributed by atoms with E-state index in [1.807, 2.05) is 6.07 Å². The van der Waals surface area contributed by atoms with Crippen LogP contribution in [-0.2, 0) is 0 Å². The number of nitrogens with zero attached hydrogens (tertiary/aromatic N) is 2. The van der Waals surface area contributed by atoms with Crippen LogP contribution in [-0.4, -0.2) is 4.92 Å². The number of nitro benzene ring substituents is 1. The molecule has 0 fully saturated rings. The lowest BCUT2D eigenvalue weighted by Gasteiger charge is -2.06. The highest BCUT2D eigenvalue weighted by molar-refractivity contribution is 5.49. The van der Waals surface area contributed by atoms with Crippen molar-refractivity contribution < 1.29 is 4.92 Å². The summed E-state index contributed by atoms with van der Waals surface area (Å²) in [5.74, 6) is -0.390. The van der Waals surface area contributed by atoms with Gasteiger partial charge >= 0.3 is 0 Å². The summed E-state index contributed by atoms with van der Waals surface area (Å²) in [6.45, 7) is 7.24. The van der Waals surface area contributed by atoms with Crippen LogP contribution in [0.1, 0.15) is 17.0 Å². The van der Waals surface area contributed by atoms with Crippen molar-refractivity contribution in [2.24, 2.45) is 0 Å². The Morgan fingerprint density at radius 1 is 1.60 bits per heavy atom. The second kappa shape index (κ2) is 4.38. The van der Waals surface area contributed by atoms with E-state index < -0.39 is 10.8 Å². The highest BCUT2D eigenvalue weighted by Gasteiger charge is 2.17. The fourth-order valence-electron chi connectivity index (χ4n) is 1.21. The Hall–Kier alpha value is -2.15. The first-order chi connectivity index (χ1) is 7.10. The molecule has 0 heterocycles. The van der Waals surface area contributed by atoms with E-state index in [4.69, 9.17) is 5.26 Å². The minimum Gasteiger partial charge on any atom is -0.258 e. The largest absolute Gasteiger partial charge is 0.273 e. The normalized spacial score (nSPS) is 11.5. The Balaban J connectivity index is 3.36. The van der Waals surface area contributed by atoms with Crippen LogP contribution in [0.25, 0.3) is 0 Å². The minimum atomic E-state index is -0.488. The van der Waals surface area contributed by atoms with Crippen LogP contribution in [0.15, 0.2) is 30.9 Å². The summed E-state index contributed by atoms with van der Waals surface area (Å²) in [6, 6.07) is 6.13. The van der Waals surface area contributed by atoms with E-state index in [0.29, 0.717) is 11.1 Å². The van der Waals surface area contributed by atoms with Gasteiger partial charge in [0.2, 0.25) is 0 Å². The molecule has 1 unspecified atom stereocenters. The van der Waals surface area contributed by atoms with Crippen molar-refractivity contribution >= 4 is 5.69 Å². The maximum absolute atomic E-state index is 10.7. The molecule has 0 N–H and O–H groups in total. The van der Waals surface area contributed by atoms with Gasteiger partial charge in [-0.05, 0) is 19.1 Å². The minimum absolute atomic E-state index is 0.0334. The van der Waals surface area contributed by atoms with Crippen molar-refractivity contribution in [3.8, 4) is 6.07 Å². The lowest BCUT2D eigenvalue weighted by Crippen LogP contribution is -1.98. The molecule has 1 radical (unpaired) electrons. The highest BCUT2D eigenvalue weighted by Crippen LogP contribution is 2.27. The first kappa shape index (κ1) is 10.9. The Labute approximate surface area is 87.6 Å². The first-order valence-corrected chi connectivity index (χ1v) is 4.24. The van der Waals surface area contributed by atoms with Crippen molar-refractivity contribution in [2.45, 2.75) is 5.92 Å². The molecule has 0 saturated heterocycles. The van der Waals surface area contributed by atoms with Gasteiger partial charge in [-0.2, -0.15) is 5.26 Å². The van der Waals surface area contributed by atoms with Crippen molar-refractivity contribution in [2.75, 3.05) is 0 Å². The number of benzene rings is 1. The average molecular weight is 201 g/mol.